The lowest BCUT2D eigenvalue weighted by Crippen LogP contribution is -2.28. The maximum Gasteiger partial charge on any atom is 0.253 e. The molecule has 0 radical (unpaired) electrons. The van der Waals surface area contributed by atoms with Crippen molar-refractivity contribution in [1.29, 1.82) is 0 Å². The minimum atomic E-state index is -0.421. The van der Waals surface area contributed by atoms with Crippen LogP contribution in [0.15, 0.2) is 30.9 Å². The van der Waals surface area contributed by atoms with E-state index in [0.29, 0.717) is 11.5 Å². The summed E-state index contributed by atoms with van der Waals surface area (Å²) in [5, 5.41) is 12.3. The van der Waals surface area contributed by atoms with E-state index in [9.17, 15) is 14.7 Å². The van der Waals surface area contributed by atoms with Gasteiger partial charge in [-0.3, -0.25) is 9.59 Å². The SMILES string of the molecule is C=CC(=O)Nc1cc(C(=O)N2CCC(CC3CC3)C2)ccc1O. The Morgan fingerprint density at radius 2 is 2.09 bits per heavy atom. The molecule has 1 saturated heterocycles. The summed E-state index contributed by atoms with van der Waals surface area (Å²) in [7, 11) is 0. The summed E-state index contributed by atoms with van der Waals surface area (Å²) in [6.07, 6.45) is 6.11. The van der Waals surface area contributed by atoms with Gasteiger partial charge in [0.2, 0.25) is 5.91 Å². The molecule has 3 rings (SSSR count). The minimum Gasteiger partial charge on any atom is -0.506 e. The van der Waals surface area contributed by atoms with Crippen LogP contribution in [0.25, 0.3) is 0 Å². The zero-order valence-electron chi connectivity index (χ0n) is 13.1. The maximum absolute atomic E-state index is 12.6. The number of nitrogens with zero attached hydrogens (tertiary/aromatic N) is 1. The second-order valence-corrected chi connectivity index (χ2v) is 6.51. The third-order valence-electron chi connectivity index (χ3n) is 4.62. The van der Waals surface area contributed by atoms with Crippen molar-refractivity contribution in [2.24, 2.45) is 11.8 Å². The number of phenols is 1. The number of nitrogens with one attached hydrogen (secondary N) is 1. The molecular weight excluding hydrogens is 292 g/mol. The Morgan fingerprint density at radius 1 is 1.30 bits per heavy atom. The first-order chi connectivity index (χ1) is 11.1. The number of anilines is 1. The largest absolute Gasteiger partial charge is 0.506 e. The normalized spacial score (nSPS) is 20.3. The summed E-state index contributed by atoms with van der Waals surface area (Å²) >= 11 is 0. The van der Waals surface area contributed by atoms with Crippen LogP contribution in [0, 0.1) is 11.8 Å². The number of likely N-dealkylation sites (tertiary alicyclic amines) is 1. The Kier molecular flexibility index (Phi) is 4.37. The van der Waals surface area contributed by atoms with E-state index in [1.54, 1.807) is 6.07 Å². The number of hydrogen-bond donors (Lipinski definition) is 2. The van der Waals surface area contributed by atoms with Crippen LogP contribution in [0.1, 0.15) is 36.0 Å². The molecule has 0 spiro atoms. The summed E-state index contributed by atoms with van der Waals surface area (Å²) in [6.45, 7) is 4.97. The lowest BCUT2D eigenvalue weighted by atomic mass is 10.0. The van der Waals surface area contributed by atoms with Gasteiger partial charge in [0.25, 0.3) is 5.91 Å². The summed E-state index contributed by atoms with van der Waals surface area (Å²) < 4.78 is 0. The van der Waals surface area contributed by atoms with Crippen molar-refractivity contribution in [3.63, 3.8) is 0 Å². The van der Waals surface area contributed by atoms with Crippen LogP contribution >= 0.6 is 0 Å². The van der Waals surface area contributed by atoms with E-state index in [-0.39, 0.29) is 17.3 Å². The van der Waals surface area contributed by atoms with E-state index in [0.717, 1.165) is 31.5 Å². The molecule has 2 fully saturated rings. The van der Waals surface area contributed by atoms with Gasteiger partial charge in [-0.1, -0.05) is 19.4 Å². The quantitative estimate of drug-likeness (QED) is 0.648. The third-order valence-corrected chi connectivity index (χ3v) is 4.62. The second kappa shape index (κ2) is 6.44. The molecule has 1 unspecified atom stereocenters. The molecule has 1 aromatic carbocycles. The molecule has 1 aliphatic heterocycles. The van der Waals surface area contributed by atoms with Crippen LogP contribution < -0.4 is 5.32 Å². The number of hydrogen-bond acceptors (Lipinski definition) is 3. The lowest BCUT2D eigenvalue weighted by molar-refractivity contribution is -0.111. The van der Waals surface area contributed by atoms with Crippen LogP contribution in [0.2, 0.25) is 0 Å². The predicted molar refractivity (Wildman–Crippen MR) is 88.3 cm³/mol. The standard InChI is InChI=1S/C18H22N2O3/c1-2-17(22)19-15-10-14(5-6-16(15)21)18(23)20-8-7-13(11-20)9-12-3-4-12/h2,5-6,10,12-13,21H,1,3-4,7-9,11H2,(H,19,22). The number of benzene rings is 1. The van der Waals surface area contributed by atoms with E-state index in [1.165, 1.54) is 31.4 Å². The van der Waals surface area contributed by atoms with Crippen LogP contribution in [0.3, 0.4) is 0 Å². The highest BCUT2D eigenvalue weighted by Gasteiger charge is 2.32. The molecule has 5 heteroatoms. The number of carbonyl (C=O) groups excluding carboxylic acids is 2. The Bertz CT molecular complexity index is 637. The fourth-order valence-corrected chi connectivity index (χ4v) is 3.17. The molecule has 2 N–H and O–H groups in total. The lowest BCUT2D eigenvalue weighted by Gasteiger charge is -2.17. The van der Waals surface area contributed by atoms with Crippen molar-refractivity contribution < 1.29 is 14.7 Å². The number of phenolic OH excluding ortho intramolecular Hbond substituents is 1. The first-order valence-corrected chi connectivity index (χ1v) is 8.12. The molecule has 1 aromatic rings. The van der Waals surface area contributed by atoms with Crippen molar-refractivity contribution in [3.8, 4) is 5.75 Å². The van der Waals surface area contributed by atoms with Crippen LogP contribution in [0.5, 0.6) is 5.75 Å². The van der Waals surface area contributed by atoms with Crippen LogP contribution in [-0.4, -0.2) is 34.9 Å². The number of carbonyl (C=O) groups is 2. The molecule has 5 nitrogen and oxygen atoms in total. The third kappa shape index (κ3) is 3.73. The van der Waals surface area contributed by atoms with Crippen molar-refractivity contribution in [3.05, 3.63) is 36.4 Å². The van der Waals surface area contributed by atoms with Gasteiger partial charge in [-0.25, -0.2) is 0 Å². The van der Waals surface area contributed by atoms with Crippen LogP contribution in [-0.2, 0) is 4.79 Å². The van der Waals surface area contributed by atoms with E-state index in [4.69, 9.17) is 0 Å². The smallest absolute Gasteiger partial charge is 0.253 e. The Morgan fingerprint density at radius 3 is 2.78 bits per heavy atom. The molecule has 0 bridgehead atoms. The summed E-state index contributed by atoms with van der Waals surface area (Å²) in [6, 6.07) is 4.55. The average Bonchev–Trinajstić information content (AvgIpc) is 3.23. The number of aromatic hydroxyl groups is 1. The van der Waals surface area contributed by atoms with Crippen molar-refractivity contribution >= 4 is 17.5 Å². The molecule has 1 heterocycles. The fraction of sp³-hybridized carbons (Fsp3) is 0.444. The van der Waals surface area contributed by atoms with Crippen LogP contribution in [0.4, 0.5) is 5.69 Å². The molecule has 1 aliphatic carbocycles. The molecular formula is C18H22N2O3. The predicted octanol–water partition coefficient (Wildman–Crippen LogP) is 2.78. The maximum atomic E-state index is 12.6. The minimum absolute atomic E-state index is 0.0441. The van der Waals surface area contributed by atoms with Gasteiger partial charge in [0.1, 0.15) is 5.75 Å². The van der Waals surface area contributed by atoms with E-state index in [2.05, 4.69) is 11.9 Å². The molecule has 0 aromatic heterocycles. The number of rotatable bonds is 5. The molecule has 2 aliphatic rings. The summed E-state index contributed by atoms with van der Waals surface area (Å²) in [5.41, 5.74) is 0.712. The monoisotopic (exact) mass is 314 g/mol. The zero-order valence-corrected chi connectivity index (χ0v) is 13.1. The van der Waals surface area contributed by atoms with Gasteiger partial charge in [0.05, 0.1) is 5.69 Å². The fourth-order valence-electron chi connectivity index (χ4n) is 3.17. The van der Waals surface area contributed by atoms with Gasteiger partial charge in [0, 0.05) is 18.7 Å². The molecule has 1 atom stereocenters. The van der Waals surface area contributed by atoms with Gasteiger partial charge in [-0.15, -0.1) is 0 Å². The number of amides is 2. The summed E-state index contributed by atoms with van der Waals surface area (Å²) in [4.78, 5) is 25.9. The van der Waals surface area contributed by atoms with Gasteiger partial charge in [0.15, 0.2) is 0 Å². The van der Waals surface area contributed by atoms with E-state index < -0.39 is 5.91 Å². The van der Waals surface area contributed by atoms with E-state index >= 15 is 0 Å². The van der Waals surface area contributed by atoms with Crippen molar-refractivity contribution in [2.75, 3.05) is 18.4 Å². The van der Waals surface area contributed by atoms with Gasteiger partial charge < -0.3 is 15.3 Å². The first kappa shape index (κ1) is 15.6. The molecule has 2 amide bonds. The van der Waals surface area contributed by atoms with Crippen molar-refractivity contribution in [1.82, 2.24) is 4.90 Å². The topological polar surface area (TPSA) is 69.6 Å². The summed E-state index contributed by atoms with van der Waals surface area (Å²) in [5.74, 6) is 0.964. The highest BCUT2D eigenvalue weighted by atomic mass is 16.3. The highest BCUT2D eigenvalue weighted by Crippen LogP contribution is 2.38. The average molecular weight is 314 g/mol. The molecule has 1 saturated carbocycles. The van der Waals surface area contributed by atoms with Gasteiger partial charge in [-0.2, -0.15) is 0 Å². The highest BCUT2D eigenvalue weighted by molar-refractivity contribution is 6.02. The Hall–Kier alpha value is -2.30. The Balaban J connectivity index is 1.68. The van der Waals surface area contributed by atoms with Crippen molar-refractivity contribution in [2.45, 2.75) is 25.7 Å². The van der Waals surface area contributed by atoms with Gasteiger partial charge >= 0.3 is 0 Å². The second-order valence-electron chi connectivity index (χ2n) is 6.51. The van der Waals surface area contributed by atoms with E-state index in [1.807, 2.05) is 4.90 Å². The Labute approximate surface area is 136 Å². The zero-order chi connectivity index (χ0) is 16.4. The molecule has 122 valence electrons. The van der Waals surface area contributed by atoms with Gasteiger partial charge in [-0.05, 0) is 49.0 Å². The first-order valence-electron chi connectivity index (χ1n) is 8.12. The molecule has 23 heavy (non-hydrogen) atoms.